The van der Waals surface area contributed by atoms with Crippen molar-refractivity contribution in [1.29, 1.82) is 0 Å². The third kappa shape index (κ3) is 2.73. The molecule has 0 spiro atoms. The van der Waals surface area contributed by atoms with Gasteiger partial charge in [0.05, 0.1) is 5.02 Å². The first-order valence-corrected chi connectivity index (χ1v) is 5.33. The zero-order valence-corrected chi connectivity index (χ0v) is 9.61. The molecular formula is C12H10ClN3O. The summed E-state index contributed by atoms with van der Waals surface area (Å²) >= 11 is 5.88. The highest BCUT2D eigenvalue weighted by molar-refractivity contribution is 6.34. The molecule has 0 aliphatic heterocycles. The second-order valence-corrected chi connectivity index (χ2v) is 3.79. The third-order valence-electron chi connectivity index (χ3n) is 2.11. The molecule has 0 radical (unpaired) electrons. The highest BCUT2D eigenvalue weighted by Gasteiger charge is 2.12. The fourth-order valence-electron chi connectivity index (χ4n) is 1.33. The van der Waals surface area contributed by atoms with Crippen LogP contribution >= 0.6 is 11.6 Å². The lowest BCUT2D eigenvalue weighted by atomic mass is 10.3. The van der Waals surface area contributed by atoms with Gasteiger partial charge in [-0.3, -0.25) is 4.79 Å². The van der Waals surface area contributed by atoms with Crippen molar-refractivity contribution in [2.75, 3.05) is 11.1 Å². The van der Waals surface area contributed by atoms with E-state index in [9.17, 15) is 4.79 Å². The van der Waals surface area contributed by atoms with Gasteiger partial charge in [-0.2, -0.15) is 0 Å². The third-order valence-corrected chi connectivity index (χ3v) is 2.42. The monoisotopic (exact) mass is 247 g/mol. The van der Waals surface area contributed by atoms with Crippen molar-refractivity contribution in [3.05, 3.63) is 53.2 Å². The number of nitrogen functional groups attached to an aromatic ring is 1. The van der Waals surface area contributed by atoms with Gasteiger partial charge in [-0.05, 0) is 24.3 Å². The van der Waals surface area contributed by atoms with E-state index >= 15 is 0 Å². The van der Waals surface area contributed by atoms with Crippen molar-refractivity contribution in [2.24, 2.45) is 0 Å². The molecule has 0 atom stereocenters. The van der Waals surface area contributed by atoms with Crippen LogP contribution in [0.4, 0.5) is 11.5 Å². The molecule has 0 aliphatic rings. The molecule has 2 rings (SSSR count). The summed E-state index contributed by atoms with van der Waals surface area (Å²) in [7, 11) is 0. The first-order chi connectivity index (χ1) is 8.16. The largest absolute Gasteiger partial charge is 0.384 e. The van der Waals surface area contributed by atoms with E-state index in [1.165, 1.54) is 0 Å². The molecule has 86 valence electrons. The first kappa shape index (κ1) is 11.4. The van der Waals surface area contributed by atoms with Crippen LogP contribution in [0, 0.1) is 0 Å². The van der Waals surface area contributed by atoms with Crippen LogP contribution in [-0.4, -0.2) is 10.9 Å². The number of amides is 1. The number of rotatable bonds is 2. The van der Waals surface area contributed by atoms with Gasteiger partial charge < -0.3 is 11.1 Å². The lowest BCUT2D eigenvalue weighted by Crippen LogP contribution is -2.14. The Hall–Kier alpha value is -2.07. The van der Waals surface area contributed by atoms with Crippen molar-refractivity contribution in [3.63, 3.8) is 0 Å². The lowest BCUT2D eigenvalue weighted by Gasteiger charge is -2.06. The number of nitrogens with one attached hydrogen (secondary N) is 1. The Morgan fingerprint density at radius 1 is 1.18 bits per heavy atom. The fourth-order valence-corrected chi connectivity index (χ4v) is 1.52. The number of anilines is 2. The SMILES string of the molecule is Nc1ccc(Cl)c(C(=O)Nc2ccccc2)n1. The fraction of sp³-hybridized carbons (Fsp3) is 0. The van der Waals surface area contributed by atoms with Crippen LogP contribution in [0.25, 0.3) is 0 Å². The average Bonchev–Trinajstić information content (AvgIpc) is 2.33. The number of carbonyl (C=O) groups is 1. The van der Waals surface area contributed by atoms with Gasteiger partial charge in [0.15, 0.2) is 0 Å². The number of benzene rings is 1. The molecule has 0 saturated heterocycles. The summed E-state index contributed by atoms with van der Waals surface area (Å²) in [5.74, 6) is -0.124. The predicted molar refractivity (Wildman–Crippen MR) is 68.1 cm³/mol. The molecule has 1 aromatic heterocycles. The molecule has 0 aliphatic carbocycles. The summed E-state index contributed by atoms with van der Waals surface area (Å²) in [5, 5.41) is 2.96. The van der Waals surface area contributed by atoms with Gasteiger partial charge >= 0.3 is 0 Å². The number of nitrogens with two attached hydrogens (primary N) is 1. The maximum atomic E-state index is 11.9. The molecule has 1 amide bonds. The summed E-state index contributed by atoms with van der Waals surface area (Å²) in [6.45, 7) is 0. The molecule has 0 fully saturated rings. The molecule has 0 saturated carbocycles. The number of hydrogen-bond acceptors (Lipinski definition) is 3. The number of halogens is 1. The van der Waals surface area contributed by atoms with Gasteiger partial charge in [0.2, 0.25) is 0 Å². The van der Waals surface area contributed by atoms with Gasteiger partial charge in [-0.25, -0.2) is 4.98 Å². The maximum Gasteiger partial charge on any atom is 0.275 e. The van der Waals surface area contributed by atoms with Crippen LogP contribution in [0.3, 0.4) is 0 Å². The quantitative estimate of drug-likeness (QED) is 0.857. The van der Waals surface area contributed by atoms with Crippen LogP contribution in [0.2, 0.25) is 5.02 Å². The van der Waals surface area contributed by atoms with Gasteiger partial charge in [0.1, 0.15) is 11.5 Å². The van der Waals surface area contributed by atoms with E-state index in [0.29, 0.717) is 5.69 Å². The molecular weight excluding hydrogens is 238 g/mol. The van der Waals surface area contributed by atoms with E-state index in [-0.39, 0.29) is 22.4 Å². The highest BCUT2D eigenvalue weighted by atomic mass is 35.5. The minimum atomic E-state index is -0.381. The molecule has 0 unspecified atom stereocenters. The molecule has 2 aromatic rings. The smallest absolute Gasteiger partial charge is 0.275 e. The number of carbonyl (C=O) groups excluding carboxylic acids is 1. The number of hydrogen-bond donors (Lipinski definition) is 2. The summed E-state index contributed by atoms with van der Waals surface area (Å²) in [6.07, 6.45) is 0. The molecule has 4 nitrogen and oxygen atoms in total. The minimum absolute atomic E-state index is 0.121. The molecule has 1 heterocycles. The Morgan fingerprint density at radius 3 is 2.59 bits per heavy atom. The second kappa shape index (κ2) is 4.84. The van der Waals surface area contributed by atoms with E-state index in [1.807, 2.05) is 18.2 Å². The van der Waals surface area contributed by atoms with Crippen molar-refractivity contribution >= 4 is 29.0 Å². The summed E-state index contributed by atoms with van der Waals surface area (Å²) in [6, 6.07) is 12.1. The lowest BCUT2D eigenvalue weighted by molar-refractivity contribution is 0.102. The number of aromatic nitrogens is 1. The molecule has 3 N–H and O–H groups in total. The topological polar surface area (TPSA) is 68.0 Å². The Kier molecular flexibility index (Phi) is 3.25. The van der Waals surface area contributed by atoms with E-state index in [1.54, 1.807) is 24.3 Å². The number of nitrogens with zero attached hydrogens (tertiary/aromatic N) is 1. The van der Waals surface area contributed by atoms with E-state index in [4.69, 9.17) is 17.3 Å². The normalized spacial score (nSPS) is 9.94. The van der Waals surface area contributed by atoms with Gasteiger partial charge in [-0.1, -0.05) is 29.8 Å². The minimum Gasteiger partial charge on any atom is -0.384 e. The average molecular weight is 248 g/mol. The van der Waals surface area contributed by atoms with Gasteiger partial charge in [0, 0.05) is 5.69 Å². The number of pyridine rings is 1. The first-order valence-electron chi connectivity index (χ1n) is 4.95. The molecule has 1 aromatic carbocycles. The van der Waals surface area contributed by atoms with E-state index in [0.717, 1.165) is 0 Å². The van der Waals surface area contributed by atoms with Gasteiger partial charge in [0.25, 0.3) is 5.91 Å². The van der Waals surface area contributed by atoms with E-state index in [2.05, 4.69) is 10.3 Å². The van der Waals surface area contributed by atoms with Crippen molar-refractivity contribution in [2.45, 2.75) is 0 Å². The van der Waals surface area contributed by atoms with Crippen molar-refractivity contribution in [1.82, 2.24) is 4.98 Å². The Bertz CT molecular complexity index is 543. The summed E-state index contributed by atoms with van der Waals surface area (Å²) in [4.78, 5) is 15.8. The molecule has 0 bridgehead atoms. The van der Waals surface area contributed by atoms with Crippen LogP contribution in [0.15, 0.2) is 42.5 Å². The Morgan fingerprint density at radius 2 is 1.88 bits per heavy atom. The summed E-state index contributed by atoms with van der Waals surface area (Å²) < 4.78 is 0. The number of para-hydroxylation sites is 1. The van der Waals surface area contributed by atoms with Crippen LogP contribution < -0.4 is 11.1 Å². The zero-order valence-electron chi connectivity index (χ0n) is 8.85. The maximum absolute atomic E-state index is 11.9. The van der Waals surface area contributed by atoms with E-state index < -0.39 is 0 Å². The second-order valence-electron chi connectivity index (χ2n) is 3.39. The molecule has 5 heteroatoms. The van der Waals surface area contributed by atoms with Crippen LogP contribution in [0.5, 0.6) is 0 Å². The van der Waals surface area contributed by atoms with Gasteiger partial charge in [-0.15, -0.1) is 0 Å². The Balaban J connectivity index is 2.23. The standard InChI is InChI=1S/C12H10ClN3O/c13-9-6-7-10(14)16-11(9)12(17)15-8-4-2-1-3-5-8/h1-7H,(H2,14,16)(H,15,17). The van der Waals surface area contributed by atoms with Crippen LogP contribution in [0.1, 0.15) is 10.5 Å². The summed E-state index contributed by atoms with van der Waals surface area (Å²) in [5.41, 5.74) is 6.31. The van der Waals surface area contributed by atoms with Crippen LogP contribution in [-0.2, 0) is 0 Å². The highest BCUT2D eigenvalue weighted by Crippen LogP contribution is 2.17. The zero-order chi connectivity index (χ0) is 12.3. The van der Waals surface area contributed by atoms with Crippen molar-refractivity contribution < 1.29 is 4.79 Å². The predicted octanol–water partition coefficient (Wildman–Crippen LogP) is 2.57. The Labute approximate surface area is 103 Å². The molecule has 17 heavy (non-hydrogen) atoms. The van der Waals surface area contributed by atoms with Crippen molar-refractivity contribution in [3.8, 4) is 0 Å².